The molecule has 0 heterocycles. The highest BCUT2D eigenvalue weighted by Crippen LogP contribution is 2.15. The van der Waals surface area contributed by atoms with Gasteiger partial charge < -0.3 is 19.6 Å². The molecule has 298 valence electrons. The van der Waals surface area contributed by atoms with Crippen molar-refractivity contribution >= 4 is 11.9 Å². The van der Waals surface area contributed by atoms with Gasteiger partial charge in [-0.15, -0.1) is 0 Å². The minimum absolute atomic E-state index is 0.0647. The Morgan fingerprint density at radius 1 is 0.520 bits per heavy atom. The van der Waals surface area contributed by atoms with Crippen molar-refractivity contribution in [2.24, 2.45) is 0 Å². The summed E-state index contributed by atoms with van der Waals surface area (Å²) in [5.74, 6) is -0.0353. The Balaban J connectivity index is 3.57. The lowest BCUT2D eigenvalue weighted by Crippen LogP contribution is -2.48. The monoisotopic (exact) mass is 710 g/mol. The van der Waals surface area contributed by atoms with Gasteiger partial charge in [-0.2, -0.15) is 0 Å². The van der Waals surface area contributed by atoms with E-state index in [0.717, 1.165) is 38.6 Å². The number of ether oxygens (including phenoxy) is 1. The molecule has 0 aromatic rings. The number of aliphatic hydroxyl groups is 1. The molecule has 0 saturated carbocycles. The molecule has 0 rings (SSSR count). The second-order valence-electron chi connectivity index (χ2n) is 16.3. The number of carbonyl (C=O) groups excluding carboxylic acids is 2. The molecule has 2 N–H and O–H groups in total. The topological polar surface area (TPSA) is 75.6 Å². The maximum atomic E-state index is 12.2. The van der Waals surface area contributed by atoms with Crippen molar-refractivity contribution in [3.05, 3.63) is 0 Å². The zero-order chi connectivity index (χ0) is 36.8. The van der Waals surface area contributed by atoms with E-state index in [0.29, 0.717) is 30.4 Å². The Morgan fingerprint density at radius 2 is 0.860 bits per heavy atom. The summed E-state index contributed by atoms with van der Waals surface area (Å²) in [5, 5.41) is 13.6. The van der Waals surface area contributed by atoms with E-state index in [1.807, 2.05) is 0 Å². The number of quaternary nitrogens is 1. The molecule has 0 spiro atoms. The van der Waals surface area contributed by atoms with Gasteiger partial charge in [0.15, 0.2) is 0 Å². The first kappa shape index (κ1) is 48.9. The number of amides is 1. The first-order chi connectivity index (χ1) is 24.3. The van der Waals surface area contributed by atoms with E-state index in [4.69, 9.17) is 4.74 Å². The predicted molar refractivity (Wildman–Crippen MR) is 216 cm³/mol. The van der Waals surface area contributed by atoms with Crippen molar-refractivity contribution in [2.75, 3.05) is 40.3 Å². The third-order valence-corrected chi connectivity index (χ3v) is 10.4. The molecule has 6 heteroatoms. The number of rotatable bonds is 40. The average molecular weight is 710 g/mol. The van der Waals surface area contributed by atoms with E-state index in [2.05, 4.69) is 33.3 Å². The van der Waals surface area contributed by atoms with Crippen molar-refractivity contribution in [3.8, 4) is 0 Å². The Kier molecular flexibility index (Phi) is 36.8. The molecule has 0 fully saturated rings. The number of hydrogen-bond acceptors (Lipinski definition) is 4. The van der Waals surface area contributed by atoms with E-state index < -0.39 is 6.10 Å². The maximum Gasteiger partial charge on any atom is 0.305 e. The molecular formula is C44H89N2O4+. The van der Waals surface area contributed by atoms with Crippen LogP contribution in [0.25, 0.3) is 0 Å². The highest BCUT2D eigenvalue weighted by atomic mass is 16.5. The number of nitrogens with zero attached hydrogens (tertiary/aromatic N) is 1. The molecule has 1 amide bonds. The summed E-state index contributed by atoms with van der Waals surface area (Å²) in [7, 11) is 4.16. The van der Waals surface area contributed by atoms with Crippen molar-refractivity contribution in [3.63, 3.8) is 0 Å². The van der Waals surface area contributed by atoms with Crippen LogP contribution in [0.5, 0.6) is 0 Å². The molecule has 0 aliphatic heterocycles. The summed E-state index contributed by atoms with van der Waals surface area (Å²) in [6, 6.07) is 0. The minimum atomic E-state index is -0.672. The fourth-order valence-electron chi connectivity index (χ4n) is 7.10. The van der Waals surface area contributed by atoms with Gasteiger partial charge in [0.1, 0.15) is 19.3 Å². The van der Waals surface area contributed by atoms with Crippen molar-refractivity contribution < 1.29 is 23.9 Å². The van der Waals surface area contributed by atoms with Crippen LogP contribution >= 0.6 is 0 Å². The van der Waals surface area contributed by atoms with E-state index in [-0.39, 0.29) is 18.5 Å². The SMILES string of the molecule is CCCCCCCCCCCCCCCCCC(=O)NCCC[N+](C)(C)CC(O)COC(=O)CCCCCCCCCCCCCCCCC. The van der Waals surface area contributed by atoms with E-state index >= 15 is 0 Å². The van der Waals surface area contributed by atoms with Crippen LogP contribution in [-0.4, -0.2) is 67.9 Å². The second-order valence-corrected chi connectivity index (χ2v) is 16.3. The molecular weight excluding hydrogens is 620 g/mol. The normalized spacial score (nSPS) is 12.3. The summed E-state index contributed by atoms with van der Waals surface area (Å²) in [5.41, 5.74) is 0. The van der Waals surface area contributed by atoms with Crippen LogP contribution in [0.2, 0.25) is 0 Å². The van der Waals surface area contributed by atoms with Crippen LogP contribution in [-0.2, 0) is 14.3 Å². The molecule has 0 saturated heterocycles. The van der Waals surface area contributed by atoms with Crippen molar-refractivity contribution in [2.45, 2.75) is 232 Å². The Labute approximate surface area is 312 Å². The van der Waals surface area contributed by atoms with Crippen LogP contribution in [0.15, 0.2) is 0 Å². The van der Waals surface area contributed by atoms with Crippen LogP contribution in [0.3, 0.4) is 0 Å². The quantitative estimate of drug-likeness (QED) is 0.0377. The number of hydrogen-bond donors (Lipinski definition) is 2. The third-order valence-electron chi connectivity index (χ3n) is 10.4. The summed E-state index contributed by atoms with van der Waals surface area (Å²) in [6.07, 6.45) is 40.9. The average Bonchev–Trinajstić information content (AvgIpc) is 3.09. The molecule has 0 aromatic carbocycles. The molecule has 0 aromatic heterocycles. The summed E-state index contributed by atoms with van der Waals surface area (Å²) in [6.45, 7) is 6.67. The van der Waals surface area contributed by atoms with Crippen LogP contribution in [0.1, 0.15) is 226 Å². The molecule has 1 unspecified atom stereocenters. The Bertz CT molecular complexity index is 729. The smallest absolute Gasteiger partial charge is 0.305 e. The molecule has 50 heavy (non-hydrogen) atoms. The number of nitrogens with one attached hydrogen (secondary N) is 1. The van der Waals surface area contributed by atoms with Gasteiger partial charge in [0.05, 0.1) is 20.6 Å². The van der Waals surface area contributed by atoms with Crippen molar-refractivity contribution in [1.82, 2.24) is 5.32 Å². The van der Waals surface area contributed by atoms with E-state index in [9.17, 15) is 14.7 Å². The zero-order valence-corrected chi connectivity index (χ0v) is 34.4. The molecule has 6 nitrogen and oxygen atoms in total. The van der Waals surface area contributed by atoms with Crippen molar-refractivity contribution in [1.29, 1.82) is 0 Å². The maximum absolute atomic E-state index is 12.2. The molecule has 1 atom stereocenters. The van der Waals surface area contributed by atoms with Gasteiger partial charge in [-0.1, -0.05) is 194 Å². The number of carbonyl (C=O) groups is 2. The van der Waals surface area contributed by atoms with Gasteiger partial charge in [-0.25, -0.2) is 0 Å². The summed E-state index contributed by atoms with van der Waals surface area (Å²) >= 11 is 0. The summed E-state index contributed by atoms with van der Waals surface area (Å²) < 4.78 is 6.01. The van der Waals surface area contributed by atoms with Gasteiger partial charge in [-0.3, -0.25) is 9.59 Å². The highest BCUT2D eigenvalue weighted by molar-refractivity contribution is 5.75. The van der Waals surface area contributed by atoms with Crippen LogP contribution < -0.4 is 5.32 Å². The third kappa shape index (κ3) is 38.1. The van der Waals surface area contributed by atoms with E-state index in [1.165, 1.54) is 167 Å². The standard InChI is InChI=1S/C44H88N2O4/c1-5-7-9-11-13-15-17-19-21-23-25-27-29-31-33-36-43(48)45-38-35-39-46(3,4)40-42(47)41-50-44(49)37-34-32-30-28-26-24-22-20-18-16-14-12-10-8-6-2/h42,47H,5-41H2,1-4H3/p+1. The number of likely N-dealkylation sites (N-methyl/N-ethyl adjacent to an activating group) is 1. The minimum Gasteiger partial charge on any atom is -0.463 e. The number of unbranched alkanes of at least 4 members (excludes halogenated alkanes) is 28. The van der Waals surface area contributed by atoms with Gasteiger partial charge >= 0.3 is 5.97 Å². The van der Waals surface area contributed by atoms with E-state index in [1.54, 1.807) is 0 Å². The predicted octanol–water partition coefficient (Wildman–Crippen LogP) is 12.0. The number of esters is 1. The van der Waals surface area contributed by atoms with Crippen LogP contribution in [0, 0.1) is 0 Å². The lowest BCUT2D eigenvalue weighted by molar-refractivity contribution is -0.893. The molecule has 0 bridgehead atoms. The fraction of sp³-hybridized carbons (Fsp3) is 0.955. The van der Waals surface area contributed by atoms with Gasteiger partial charge in [0, 0.05) is 25.8 Å². The Morgan fingerprint density at radius 3 is 1.24 bits per heavy atom. The van der Waals surface area contributed by atoms with Gasteiger partial charge in [0.2, 0.25) is 5.91 Å². The first-order valence-electron chi connectivity index (χ1n) is 22.2. The fourth-order valence-corrected chi connectivity index (χ4v) is 7.10. The lowest BCUT2D eigenvalue weighted by Gasteiger charge is -2.31. The summed E-state index contributed by atoms with van der Waals surface area (Å²) in [4.78, 5) is 24.4. The van der Waals surface area contributed by atoms with Crippen LogP contribution in [0.4, 0.5) is 0 Å². The lowest BCUT2D eigenvalue weighted by atomic mass is 10.0. The number of aliphatic hydroxyl groups excluding tert-OH is 1. The van der Waals surface area contributed by atoms with Gasteiger partial charge in [-0.05, 0) is 12.8 Å². The first-order valence-corrected chi connectivity index (χ1v) is 22.2. The zero-order valence-electron chi connectivity index (χ0n) is 34.4. The molecule has 0 radical (unpaired) electrons. The highest BCUT2D eigenvalue weighted by Gasteiger charge is 2.21. The largest absolute Gasteiger partial charge is 0.463 e. The molecule has 0 aliphatic rings. The van der Waals surface area contributed by atoms with Gasteiger partial charge in [0.25, 0.3) is 0 Å². The Hall–Kier alpha value is -1.14. The molecule has 0 aliphatic carbocycles. The second kappa shape index (κ2) is 37.6.